The van der Waals surface area contributed by atoms with E-state index in [-0.39, 0.29) is 27.0 Å². The summed E-state index contributed by atoms with van der Waals surface area (Å²) in [5.41, 5.74) is 5.95. The van der Waals surface area contributed by atoms with Crippen molar-refractivity contribution in [1.29, 1.82) is 0 Å². The molecule has 2 rings (SSSR count). The van der Waals surface area contributed by atoms with Crippen LogP contribution in [-0.4, -0.2) is 21.7 Å². The molecule has 5 nitrogen and oxygen atoms in total. The van der Waals surface area contributed by atoms with Gasteiger partial charge in [0.25, 0.3) is 0 Å². The number of carbonyl (C=O) groups excluding carboxylic acids is 2. The highest BCUT2D eigenvalue weighted by molar-refractivity contribution is 7.18. The minimum atomic E-state index is -0.608. The third kappa shape index (κ3) is 4.44. The number of nitrogens with zero attached hydrogens (tertiary/aromatic N) is 1. The molecule has 0 aromatic carbocycles. The largest absolute Gasteiger partial charge is 0.505 e. The quantitative estimate of drug-likeness (QED) is 0.472. The molecule has 0 radical (unpaired) electrons. The third-order valence-electron chi connectivity index (χ3n) is 4.37. The zero-order valence-electron chi connectivity index (χ0n) is 14.3. The van der Waals surface area contributed by atoms with Gasteiger partial charge in [0.1, 0.15) is 16.3 Å². The maximum Gasteiger partial charge on any atom is 0.245 e. The molecule has 1 heterocycles. The van der Waals surface area contributed by atoms with Gasteiger partial charge in [0.05, 0.1) is 0 Å². The Hall–Kier alpha value is -1.69. The summed E-state index contributed by atoms with van der Waals surface area (Å²) in [4.78, 5) is 28.3. The SMILES string of the molecule is CCCCCCCCCCCC1=C(O)c2nc(N)sc2C(=O)C1=O. The number of aliphatic hydroxyl groups is 1. The van der Waals surface area contributed by atoms with E-state index in [0.29, 0.717) is 6.42 Å². The van der Waals surface area contributed by atoms with Crippen molar-refractivity contribution < 1.29 is 14.7 Å². The molecule has 1 aromatic heterocycles. The number of carbonyl (C=O) groups is 2. The van der Waals surface area contributed by atoms with Gasteiger partial charge in [0.2, 0.25) is 11.6 Å². The summed E-state index contributed by atoms with van der Waals surface area (Å²) in [5.74, 6) is -1.37. The Morgan fingerprint density at radius 3 is 2.17 bits per heavy atom. The van der Waals surface area contributed by atoms with Crippen LogP contribution >= 0.6 is 11.3 Å². The molecule has 0 atom stereocenters. The van der Waals surface area contributed by atoms with Gasteiger partial charge < -0.3 is 10.8 Å². The molecule has 0 fully saturated rings. The molecule has 1 aromatic rings. The first-order chi connectivity index (χ1) is 11.6. The standard InChI is InChI=1S/C18H26N2O3S/c1-2-3-4-5-6-7-8-9-10-11-12-14(21)13-17(16(23)15(12)22)24-18(19)20-13/h21H,2-11H2,1H3,(H2,19,20). The van der Waals surface area contributed by atoms with E-state index < -0.39 is 11.6 Å². The predicted molar refractivity (Wildman–Crippen MR) is 97.3 cm³/mol. The van der Waals surface area contributed by atoms with Crippen LogP contribution in [0.25, 0.3) is 5.76 Å². The molecule has 3 N–H and O–H groups in total. The second-order valence-electron chi connectivity index (χ2n) is 6.29. The number of anilines is 1. The monoisotopic (exact) mass is 350 g/mol. The summed E-state index contributed by atoms with van der Waals surface area (Å²) in [6, 6.07) is 0. The van der Waals surface area contributed by atoms with Crippen LogP contribution in [0.4, 0.5) is 5.13 Å². The summed E-state index contributed by atoms with van der Waals surface area (Å²) < 4.78 is 0. The summed E-state index contributed by atoms with van der Waals surface area (Å²) in [7, 11) is 0. The smallest absolute Gasteiger partial charge is 0.245 e. The summed E-state index contributed by atoms with van der Waals surface area (Å²) >= 11 is 0.953. The van der Waals surface area contributed by atoms with E-state index in [4.69, 9.17) is 5.73 Å². The predicted octanol–water partition coefficient (Wildman–Crippen LogP) is 4.68. The van der Waals surface area contributed by atoms with Crippen LogP contribution in [-0.2, 0) is 4.79 Å². The molecule has 132 valence electrons. The fraction of sp³-hybridized carbons (Fsp3) is 0.611. The summed E-state index contributed by atoms with van der Waals surface area (Å²) in [6.07, 6.45) is 11.0. The molecule has 0 saturated heterocycles. The van der Waals surface area contributed by atoms with Crippen molar-refractivity contribution in [3.63, 3.8) is 0 Å². The normalized spacial score (nSPS) is 14.4. The van der Waals surface area contributed by atoms with E-state index in [1.54, 1.807) is 0 Å². The van der Waals surface area contributed by atoms with Gasteiger partial charge in [-0.3, -0.25) is 9.59 Å². The fourth-order valence-corrected chi connectivity index (χ4v) is 3.76. The number of hydrogen-bond acceptors (Lipinski definition) is 6. The Labute approximate surface area is 147 Å². The number of aliphatic hydroxyl groups excluding tert-OH is 1. The van der Waals surface area contributed by atoms with Gasteiger partial charge in [0.15, 0.2) is 5.13 Å². The minimum Gasteiger partial charge on any atom is -0.505 e. The molecule has 1 aliphatic carbocycles. The van der Waals surface area contributed by atoms with E-state index >= 15 is 0 Å². The minimum absolute atomic E-state index is 0.158. The van der Waals surface area contributed by atoms with Crippen molar-refractivity contribution in [1.82, 2.24) is 4.98 Å². The number of ketones is 2. The lowest BCUT2D eigenvalue weighted by Crippen LogP contribution is -2.23. The van der Waals surface area contributed by atoms with Crippen LogP contribution in [0, 0.1) is 0 Å². The number of unbranched alkanes of at least 4 members (excludes halogenated alkanes) is 8. The molecule has 0 spiro atoms. The number of aromatic nitrogens is 1. The number of allylic oxidation sites excluding steroid dienone is 1. The molecule has 0 bridgehead atoms. The number of nitrogens with two attached hydrogens (primary N) is 1. The maximum atomic E-state index is 12.1. The molecule has 0 saturated carbocycles. The highest BCUT2D eigenvalue weighted by Crippen LogP contribution is 2.34. The van der Waals surface area contributed by atoms with Gasteiger partial charge >= 0.3 is 0 Å². The zero-order valence-corrected chi connectivity index (χ0v) is 15.1. The van der Waals surface area contributed by atoms with Crippen LogP contribution in [0.3, 0.4) is 0 Å². The van der Waals surface area contributed by atoms with Crippen LogP contribution in [0.1, 0.15) is 86.5 Å². The van der Waals surface area contributed by atoms with Crippen molar-refractivity contribution >= 4 is 33.8 Å². The average molecular weight is 350 g/mol. The topological polar surface area (TPSA) is 93.3 Å². The van der Waals surface area contributed by atoms with Crippen LogP contribution < -0.4 is 5.73 Å². The molecular weight excluding hydrogens is 324 g/mol. The lowest BCUT2D eigenvalue weighted by Gasteiger charge is -2.13. The molecule has 0 amide bonds. The Balaban J connectivity index is 1.80. The number of thiazole rings is 1. The molecule has 0 unspecified atom stereocenters. The number of fused-ring (bicyclic) bond motifs is 1. The number of hydrogen-bond donors (Lipinski definition) is 2. The maximum absolute atomic E-state index is 12.1. The van der Waals surface area contributed by atoms with Gasteiger partial charge in [-0.1, -0.05) is 69.6 Å². The third-order valence-corrected chi connectivity index (χ3v) is 5.25. The van der Waals surface area contributed by atoms with Crippen LogP contribution in [0.2, 0.25) is 0 Å². The first-order valence-corrected chi connectivity index (χ1v) is 9.65. The van der Waals surface area contributed by atoms with Gasteiger partial charge in [-0.15, -0.1) is 0 Å². The Morgan fingerprint density at radius 2 is 1.54 bits per heavy atom. The number of Topliss-reactive ketones (excluding diaryl/α,β-unsaturated/α-hetero) is 2. The highest BCUT2D eigenvalue weighted by Gasteiger charge is 2.35. The Kier molecular flexibility index (Phi) is 6.97. The van der Waals surface area contributed by atoms with E-state index in [1.807, 2.05) is 0 Å². The average Bonchev–Trinajstić information content (AvgIpc) is 2.96. The fourth-order valence-electron chi connectivity index (χ4n) is 2.99. The first-order valence-electron chi connectivity index (χ1n) is 8.84. The zero-order chi connectivity index (χ0) is 17.5. The highest BCUT2D eigenvalue weighted by atomic mass is 32.1. The number of nitrogen functional groups attached to an aromatic ring is 1. The van der Waals surface area contributed by atoms with E-state index in [2.05, 4.69) is 11.9 Å². The van der Waals surface area contributed by atoms with E-state index in [9.17, 15) is 14.7 Å². The first kappa shape index (κ1) is 18.6. The van der Waals surface area contributed by atoms with E-state index in [0.717, 1.165) is 30.6 Å². The summed E-state index contributed by atoms with van der Waals surface area (Å²) in [6.45, 7) is 2.21. The van der Waals surface area contributed by atoms with Crippen molar-refractivity contribution in [3.05, 3.63) is 16.1 Å². The molecular formula is C18H26N2O3S. The van der Waals surface area contributed by atoms with Gasteiger partial charge in [-0.2, -0.15) is 0 Å². The van der Waals surface area contributed by atoms with Crippen molar-refractivity contribution in [3.8, 4) is 0 Å². The second-order valence-corrected chi connectivity index (χ2v) is 7.32. The second kappa shape index (κ2) is 8.97. The van der Waals surface area contributed by atoms with Gasteiger partial charge in [0, 0.05) is 5.57 Å². The molecule has 24 heavy (non-hydrogen) atoms. The molecule has 6 heteroatoms. The molecule has 1 aliphatic rings. The van der Waals surface area contributed by atoms with Crippen molar-refractivity contribution in [2.24, 2.45) is 0 Å². The summed E-state index contributed by atoms with van der Waals surface area (Å²) in [5, 5.41) is 10.4. The van der Waals surface area contributed by atoms with Crippen molar-refractivity contribution in [2.75, 3.05) is 5.73 Å². The lowest BCUT2D eigenvalue weighted by atomic mass is 9.92. The Morgan fingerprint density at radius 1 is 0.958 bits per heavy atom. The van der Waals surface area contributed by atoms with Crippen LogP contribution in [0.15, 0.2) is 5.57 Å². The van der Waals surface area contributed by atoms with Crippen molar-refractivity contribution in [2.45, 2.75) is 71.1 Å². The lowest BCUT2D eigenvalue weighted by molar-refractivity contribution is -0.112. The van der Waals surface area contributed by atoms with Gasteiger partial charge in [-0.25, -0.2) is 4.98 Å². The number of rotatable bonds is 10. The Bertz CT molecular complexity index is 634. The van der Waals surface area contributed by atoms with E-state index in [1.165, 1.54) is 38.5 Å². The van der Waals surface area contributed by atoms with Gasteiger partial charge in [-0.05, 0) is 12.8 Å². The van der Waals surface area contributed by atoms with Crippen LogP contribution in [0.5, 0.6) is 0 Å². The molecule has 0 aliphatic heterocycles.